The minimum Gasteiger partial charge on any atom is -0.383 e. The number of nitrogens with zero attached hydrogens (tertiary/aromatic N) is 1. The highest BCUT2D eigenvalue weighted by molar-refractivity contribution is 7.73. The van der Waals surface area contributed by atoms with Gasteiger partial charge in [0.05, 0.1) is 0 Å². The van der Waals surface area contributed by atoms with Crippen molar-refractivity contribution in [3.05, 3.63) is 75.1 Å². The molecule has 0 radical (unpaired) electrons. The van der Waals surface area contributed by atoms with E-state index in [9.17, 15) is 4.79 Å². The lowest BCUT2D eigenvalue weighted by Crippen LogP contribution is -2.25. The number of para-hydroxylation sites is 1. The molecule has 0 aliphatic rings. The number of aromatic nitrogens is 1. The fourth-order valence-corrected chi connectivity index (χ4v) is 3.70. The lowest BCUT2D eigenvalue weighted by molar-refractivity contribution is 0.0958. The number of nitrogens with one attached hydrogen (secondary N) is 1. The Labute approximate surface area is 149 Å². The van der Waals surface area contributed by atoms with Crippen molar-refractivity contribution in [3.8, 4) is 5.69 Å². The first-order valence-corrected chi connectivity index (χ1v) is 8.78. The van der Waals surface area contributed by atoms with Gasteiger partial charge in [0.25, 0.3) is 5.91 Å². The van der Waals surface area contributed by atoms with Crippen LogP contribution in [0.2, 0.25) is 0 Å². The summed E-state index contributed by atoms with van der Waals surface area (Å²) < 4.78 is 2.29. The van der Waals surface area contributed by atoms with Crippen LogP contribution in [0.25, 0.3) is 5.69 Å². The predicted molar refractivity (Wildman–Crippen MR) is 101 cm³/mol. The molecule has 4 nitrogen and oxygen atoms in total. The van der Waals surface area contributed by atoms with Gasteiger partial charge in [-0.3, -0.25) is 9.36 Å². The molecule has 0 unspecified atom stereocenters. The number of nitrogen functional groups attached to an aromatic ring is 1. The first-order valence-electron chi connectivity index (χ1n) is 7.55. The van der Waals surface area contributed by atoms with E-state index < -0.39 is 0 Å². The average molecular weight is 355 g/mol. The van der Waals surface area contributed by atoms with Crippen LogP contribution in [-0.4, -0.2) is 17.0 Å². The van der Waals surface area contributed by atoms with Crippen LogP contribution in [0.4, 0.5) is 5.82 Å². The van der Waals surface area contributed by atoms with Gasteiger partial charge in [-0.15, -0.1) is 0 Å². The molecule has 0 bridgehead atoms. The predicted octanol–water partition coefficient (Wildman–Crippen LogP) is 3.82. The second-order valence-electron chi connectivity index (χ2n) is 5.24. The molecule has 0 atom stereocenters. The third kappa shape index (κ3) is 3.55. The number of nitrogens with two attached hydrogens (primary N) is 1. The monoisotopic (exact) mass is 355 g/mol. The van der Waals surface area contributed by atoms with E-state index in [1.165, 1.54) is 16.9 Å². The molecule has 3 N–H and O–H groups in total. The Kier molecular flexibility index (Phi) is 5.08. The molecule has 1 heterocycles. The smallest absolute Gasteiger partial charge is 0.265 e. The largest absolute Gasteiger partial charge is 0.383 e. The highest BCUT2D eigenvalue weighted by Gasteiger charge is 2.17. The molecule has 0 spiro atoms. The molecular weight excluding hydrogens is 338 g/mol. The maximum atomic E-state index is 12.4. The molecule has 0 saturated carbocycles. The summed E-state index contributed by atoms with van der Waals surface area (Å²) in [4.78, 5) is 12.9. The van der Waals surface area contributed by atoms with Crippen LogP contribution < -0.4 is 11.1 Å². The van der Waals surface area contributed by atoms with Crippen LogP contribution >= 0.6 is 23.6 Å². The third-order valence-corrected chi connectivity index (χ3v) is 5.00. The SMILES string of the molecule is Nc1c(C(=O)NCCc2ccccc2)sc(=S)n1-c1ccccc1. The van der Waals surface area contributed by atoms with Crippen molar-refractivity contribution in [1.29, 1.82) is 0 Å². The molecule has 24 heavy (non-hydrogen) atoms. The quantitative estimate of drug-likeness (QED) is 0.684. The molecule has 1 aromatic heterocycles. The molecule has 0 aliphatic heterocycles. The normalized spacial score (nSPS) is 10.5. The van der Waals surface area contributed by atoms with E-state index >= 15 is 0 Å². The number of amides is 1. The van der Waals surface area contributed by atoms with Gasteiger partial charge in [-0.1, -0.05) is 59.9 Å². The van der Waals surface area contributed by atoms with E-state index in [0.29, 0.717) is 21.2 Å². The Morgan fingerprint density at radius 2 is 1.71 bits per heavy atom. The summed E-state index contributed by atoms with van der Waals surface area (Å²) in [6, 6.07) is 19.6. The molecular formula is C18H17N3OS2. The summed E-state index contributed by atoms with van der Waals surface area (Å²) in [5.74, 6) is 0.197. The summed E-state index contributed by atoms with van der Waals surface area (Å²) in [6.07, 6.45) is 0.775. The lowest BCUT2D eigenvalue weighted by atomic mass is 10.1. The van der Waals surface area contributed by atoms with Crippen molar-refractivity contribution < 1.29 is 4.79 Å². The van der Waals surface area contributed by atoms with Crippen molar-refractivity contribution in [1.82, 2.24) is 9.88 Å². The van der Waals surface area contributed by atoms with Gasteiger partial charge in [-0.05, 0) is 36.3 Å². The molecule has 0 saturated heterocycles. The summed E-state index contributed by atoms with van der Waals surface area (Å²) in [7, 11) is 0. The van der Waals surface area contributed by atoms with Crippen LogP contribution in [0.3, 0.4) is 0 Å². The number of carbonyl (C=O) groups excluding carboxylic acids is 1. The summed E-state index contributed by atoms with van der Waals surface area (Å²) >= 11 is 6.60. The molecule has 122 valence electrons. The number of hydrogen-bond donors (Lipinski definition) is 2. The zero-order valence-electron chi connectivity index (χ0n) is 12.9. The van der Waals surface area contributed by atoms with Crippen LogP contribution in [0.5, 0.6) is 0 Å². The Balaban J connectivity index is 1.73. The van der Waals surface area contributed by atoms with Crippen molar-refractivity contribution in [3.63, 3.8) is 0 Å². The number of rotatable bonds is 5. The van der Waals surface area contributed by atoms with Gasteiger partial charge in [0.15, 0.2) is 3.95 Å². The second kappa shape index (κ2) is 7.42. The topological polar surface area (TPSA) is 60.1 Å². The number of anilines is 1. The second-order valence-corrected chi connectivity index (χ2v) is 6.89. The van der Waals surface area contributed by atoms with Gasteiger partial charge in [0, 0.05) is 12.2 Å². The zero-order chi connectivity index (χ0) is 16.9. The molecule has 6 heteroatoms. The zero-order valence-corrected chi connectivity index (χ0v) is 14.6. The van der Waals surface area contributed by atoms with Gasteiger partial charge in [0.1, 0.15) is 10.7 Å². The fourth-order valence-electron chi connectivity index (χ4n) is 2.41. The first kappa shape index (κ1) is 16.4. The minimum atomic E-state index is -0.186. The third-order valence-electron chi connectivity index (χ3n) is 3.61. The van der Waals surface area contributed by atoms with Gasteiger partial charge in [0.2, 0.25) is 0 Å². The molecule has 2 aromatic carbocycles. The highest BCUT2D eigenvalue weighted by Crippen LogP contribution is 2.25. The minimum absolute atomic E-state index is 0.186. The maximum Gasteiger partial charge on any atom is 0.265 e. The Morgan fingerprint density at radius 3 is 2.38 bits per heavy atom. The standard InChI is InChI=1S/C18H17N3OS2/c19-16-15(17(22)20-12-11-13-7-3-1-4-8-13)24-18(23)21(16)14-9-5-2-6-10-14/h1-10H,11-12,19H2,(H,20,22). The van der Waals surface area contributed by atoms with Gasteiger partial charge in [-0.2, -0.15) is 0 Å². The van der Waals surface area contributed by atoms with Crippen LogP contribution in [0.1, 0.15) is 15.2 Å². The van der Waals surface area contributed by atoms with Crippen LogP contribution in [0.15, 0.2) is 60.7 Å². The van der Waals surface area contributed by atoms with Crippen molar-refractivity contribution in [2.24, 2.45) is 0 Å². The Hall–Kier alpha value is -2.44. The van der Waals surface area contributed by atoms with E-state index in [1.54, 1.807) is 4.57 Å². The van der Waals surface area contributed by atoms with Gasteiger partial charge in [-0.25, -0.2) is 0 Å². The number of hydrogen-bond acceptors (Lipinski definition) is 4. The molecule has 0 fully saturated rings. The van der Waals surface area contributed by atoms with Crippen LogP contribution in [0, 0.1) is 3.95 Å². The Bertz CT molecular complexity index is 886. The van der Waals surface area contributed by atoms with E-state index in [1.807, 2.05) is 60.7 Å². The van der Waals surface area contributed by atoms with E-state index in [4.69, 9.17) is 18.0 Å². The summed E-state index contributed by atoms with van der Waals surface area (Å²) in [5, 5.41) is 2.91. The summed E-state index contributed by atoms with van der Waals surface area (Å²) in [5.41, 5.74) is 8.21. The number of carbonyl (C=O) groups is 1. The van der Waals surface area contributed by atoms with Gasteiger partial charge >= 0.3 is 0 Å². The summed E-state index contributed by atoms with van der Waals surface area (Å²) in [6.45, 7) is 0.554. The van der Waals surface area contributed by atoms with E-state index in [2.05, 4.69) is 5.32 Å². The molecule has 0 aliphatic carbocycles. The van der Waals surface area contributed by atoms with Crippen molar-refractivity contribution >= 4 is 35.3 Å². The number of thiazole rings is 1. The van der Waals surface area contributed by atoms with E-state index in [0.717, 1.165) is 12.1 Å². The average Bonchev–Trinajstić information content (AvgIpc) is 2.91. The van der Waals surface area contributed by atoms with Gasteiger partial charge < -0.3 is 11.1 Å². The lowest BCUT2D eigenvalue weighted by Gasteiger charge is -2.07. The first-order chi connectivity index (χ1) is 11.7. The Morgan fingerprint density at radius 1 is 1.08 bits per heavy atom. The van der Waals surface area contributed by atoms with Crippen LogP contribution in [-0.2, 0) is 6.42 Å². The van der Waals surface area contributed by atoms with E-state index in [-0.39, 0.29) is 5.91 Å². The number of benzene rings is 2. The molecule has 1 amide bonds. The highest BCUT2D eigenvalue weighted by atomic mass is 32.1. The van der Waals surface area contributed by atoms with Crippen molar-refractivity contribution in [2.45, 2.75) is 6.42 Å². The fraction of sp³-hybridized carbons (Fsp3) is 0.111. The van der Waals surface area contributed by atoms with Crippen molar-refractivity contribution in [2.75, 3.05) is 12.3 Å². The molecule has 3 aromatic rings. The molecule has 3 rings (SSSR count). The maximum absolute atomic E-state index is 12.4.